The molecule has 0 N–H and O–H groups in total. The zero-order valence-electron chi connectivity index (χ0n) is 16.9. The first-order valence-corrected chi connectivity index (χ1v) is 10.7. The van der Waals surface area contributed by atoms with Gasteiger partial charge in [0.25, 0.3) is 5.91 Å². The Hall–Kier alpha value is -3.06. The van der Waals surface area contributed by atoms with Gasteiger partial charge in [0.1, 0.15) is 11.7 Å². The topological polar surface area (TPSA) is 59.1 Å². The summed E-state index contributed by atoms with van der Waals surface area (Å²) in [5, 5.41) is 2.07. The highest BCUT2D eigenvalue weighted by Crippen LogP contribution is 2.49. The first-order chi connectivity index (χ1) is 15.5. The van der Waals surface area contributed by atoms with Crippen LogP contribution < -0.4 is 14.7 Å². The number of imide groups is 1. The highest BCUT2D eigenvalue weighted by Gasteiger charge is 2.60. The van der Waals surface area contributed by atoms with Gasteiger partial charge in [-0.05, 0) is 42.0 Å². The van der Waals surface area contributed by atoms with Crippen molar-refractivity contribution in [1.29, 1.82) is 0 Å². The molecule has 162 valence electrons. The molecule has 0 unspecified atom stereocenters. The molecular formula is C24H18Cl2N2O4. The average Bonchev–Trinajstić information content (AvgIpc) is 3.31. The summed E-state index contributed by atoms with van der Waals surface area (Å²) in [6.07, 6.45) is -1.01. The summed E-state index contributed by atoms with van der Waals surface area (Å²) in [5.41, 5.74) is 1.70. The second kappa shape index (κ2) is 8.13. The van der Waals surface area contributed by atoms with Crippen LogP contribution in [-0.4, -0.2) is 25.0 Å². The van der Waals surface area contributed by atoms with Gasteiger partial charge in [-0.1, -0.05) is 59.6 Å². The number of methoxy groups -OCH3 is 1. The molecule has 2 fully saturated rings. The number of para-hydroxylation sites is 2. The Balaban J connectivity index is 1.62. The van der Waals surface area contributed by atoms with Crippen molar-refractivity contribution < 1.29 is 19.2 Å². The van der Waals surface area contributed by atoms with E-state index in [4.69, 9.17) is 32.8 Å². The number of halogens is 2. The molecule has 3 atom stereocenters. The number of fused-ring (bicyclic) bond motifs is 1. The molecular weight excluding hydrogens is 451 g/mol. The minimum atomic E-state index is -1.01. The van der Waals surface area contributed by atoms with E-state index in [2.05, 4.69) is 0 Å². The number of hydrogen-bond acceptors (Lipinski definition) is 5. The third kappa shape index (κ3) is 3.23. The molecule has 0 aromatic heterocycles. The Kier molecular flexibility index (Phi) is 5.29. The van der Waals surface area contributed by atoms with Crippen LogP contribution in [0.2, 0.25) is 10.0 Å². The summed E-state index contributed by atoms with van der Waals surface area (Å²) in [5.74, 6) is -1.06. The zero-order chi connectivity index (χ0) is 22.4. The van der Waals surface area contributed by atoms with Crippen LogP contribution in [0.4, 0.5) is 11.4 Å². The number of anilines is 2. The highest BCUT2D eigenvalue weighted by atomic mass is 35.5. The predicted octanol–water partition coefficient (Wildman–Crippen LogP) is 5.05. The SMILES string of the molecule is COc1cccc([C@@H]2[C@H]3C(=O)N(c4c(Cl)cccc4Cl)C(=O)[C@@H]3ON2c2ccccc2)c1. The monoisotopic (exact) mass is 468 g/mol. The molecule has 5 rings (SSSR count). The molecule has 0 bridgehead atoms. The van der Waals surface area contributed by atoms with Gasteiger partial charge in [-0.15, -0.1) is 0 Å². The lowest BCUT2D eigenvalue weighted by molar-refractivity contribution is -0.126. The summed E-state index contributed by atoms with van der Waals surface area (Å²) in [4.78, 5) is 34.2. The molecule has 3 aromatic rings. The van der Waals surface area contributed by atoms with E-state index in [9.17, 15) is 9.59 Å². The summed E-state index contributed by atoms with van der Waals surface area (Å²) in [6, 6.07) is 21.0. The number of nitrogens with zero attached hydrogens (tertiary/aromatic N) is 2. The lowest BCUT2D eigenvalue weighted by Gasteiger charge is -2.29. The Bertz CT molecular complexity index is 1180. The van der Waals surface area contributed by atoms with Crippen molar-refractivity contribution in [2.24, 2.45) is 5.92 Å². The molecule has 32 heavy (non-hydrogen) atoms. The molecule has 0 saturated carbocycles. The van der Waals surface area contributed by atoms with Crippen LogP contribution >= 0.6 is 23.2 Å². The molecule has 8 heteroatoms. The number of carbonyl (C=O) groups is 2. The molecule has 2 amide bonds. The molecule has 0 spiro atoms. The third-order valence-electron chi connectivity index (χ3n) is 5.72. The molecule has 2 aliphatic heterocycles. The number of benzene rings is 3. The molecule has 0 radical (unpaired) electrons. The van der Waals surface area contributed by atoms with E-state index in [1.165, 1.54) is 0 Å². The molecule has 2 heterocycles. The average molecular weight is 469 g/mol. The van der Waals surface area contributed by atoms with Gasteiger partial charge in [-0.25, -0.2) is 9.96 Å². The maximum Gasteiger partial charge on any atom is 0.266 e. The van der Waals surface area contributed by atoms with Crippen molar-refractivity contribution in [3.8, 4) is 5.75 Å². The highest BCUT2D eigenvalue weighted by molar-refractivity contribution is 6.42. The fraction of sp³-hybridized carbons (Fsp3) is 0.167. The van der Waals surface area contributed by atoms with Crippen molar-refractivity contribution in [3.05, 3.63) is 88.4 Å². The maximum atomic E-state index is 13.7. The summed E-state index contributed by atoms with van der Waals surface area (Å²) in [7, 11) is 1.58. The number of carbonyl (C=O) groups excluding carboxylic acids is 2. The van der Waals surface area contributed by atoms with Crippen LogP contribution in [0.1, 0.15) is 11.6 Å². The van der Waals surface area contributed by atoms with Gasteiger partial charge in [0, 0.05) is 0 Å². The lowest BCUT2D eigenvalue weighted by atomic mass is 9.90. The molecule has 2 saturated heterocycles. The second-order valence-corrected chi connectivity index (χ2v) is 8.33. The number of hydrogen-bond donors (Lipinski definition) is 0. The lowest BCUT2D eigenvalue weighted by Crippen LogP contribution is -2.37. The van der Waals surface area contributed by atoms with Crippen LogP contribution in [0.5, 0.6) is 5.75 Å². The quantitative estimate of drug-likeness (QED) is 0.501. The van der Waals surface area contributed by atoms with E-state index < -0.39 is 29.9 Å². The summed E-state index contributed by atoms with van der Waals surface area (Å²) < 4.78 is 5.38. The largest absolute Gasteiger partial charge is 0.497 e. The third-order valence-corrected chi connectivity index (χ3v) is 6.33. The minimum absolute atomic E-state index is 0.180. The van der Waals surface area contributed by atoms with E-state index in [-0.39, 0.29) is 15.7 Å². The molecule has 0 aliphatic carbocycles. The fourth-order valence-electron chi connectivity index (χ4n) is 4.30. The molecule has 6 nitrogen and oxygen atoms in total. The number of amides is 2. The Morgan fingerprint density at radius 1 is 0.875 bits per heavy atom. The van der Waals surface area contributed by atoms with Crippen molar-refractivity contribution in [1.82, 2.24) is 0 Å². The predicted molar refractivity (Wildman–Crippen MR) is 122 cm³/mol. The van der Waals surface area contributed by atoms with E-state index in [1.54, 1.807) is 30.4 Å². The summed E-state index contributed by atoms with van der Waals surface area (Å²) >= 11 is 12.6. The van der Waals surface area contributed by atoms with Crippen molar-refractivity contribution in [2.75, 3.05) is 17.1 Å². The van der Waals surface area contributed by atoms with Crippen molar-refractivity contribution >= 4 is 46.4 Å². The smallest absolute Gasteiger partial charge is 0.266 e. The van der Waals surface area contributed by atoms with E-state index in [0.717, 1.165) is 16.2 Å². The van der Waals surface area contributed by atoms with Gasteiger partial charge in [-0.3, -0.25) is 14.4 Å². The van der Waals surface area contributed by atoms with Gasteiger partial charge in [0.05, 0.1) is 34.6 Å². The van der Waals surface area contributed by atoms with Crippen molar-refractivity contribution in [3.63, 3.8) is 0 Å². The summed E-state index contributed by atoms with van der Waals surface area (Å²) in [6.45, 7) is 0. The molecule has 3 aromatic carbocycles. The van der Waals surface area contributed by atoms with Gasteiger partial charge in [-0.2, -0.15) is 0 Å². The van der Waals surface area contributed by atoms with Gasteiger partial charge < -0.3 is 4.74 Å². The van der Waals surface area contributed by atoms with Crippen LogP contribution in [0.15, 0.2) is 72.8 Å². The first-order valence-electron chi connectivity index (χ1n) is 9.98. The normalized spacial score (nSPS) is 22.4. The van der Waals surface area contributed by atoms with Crippen molar-refractivity contribution in [2.45, 2.75) is 12.1 Å². The Morgan fingerprint density at radius 2 is 1.56 bits per heavy atom. The Labute approximate surface area is 194 Å². The number of rotatable bonds is 4. The second-order valence-electron chi connectivity index (χ2n) is 7.52. The first kappa shape index (κ1) is 20.8. The minimum Gasteiger partial charge on any atom is -0.497 e. The van der Waals surface area contributed by atoms with Gasteiger partial charge in [0.2, 0.25) is 5.91 Å². The fourth-order valence-corrected chi connectivity index (χ4v) is 4.87. The van der Waals surface area contributed by atoms with Crippen LogP contribution in [0.25, 0.3) is 0 Å². The van der Waals surface area contributed by atoms with Crippen LogP contribution in [0.3, 0.4) is 0 Å². The maximum absolute atomic E-state index is 13.7. The van der Waals surface area contributed by atoms with Gasteiger partial charge in [0.15, 0.2) is 6.10 Å². The van der Waals surface area contributed by atoms with Crippen LogP contribution in [0, 0.1) is 5.92 Å². The zero-order valence-corrected chi connectivity index (χ0v) is 18.5. The van der Waals surface area contributed by atoms with E-state index in [1.807, 2.05) is 54.6 Å². The molecule has 2 aliphatic rings. The Morgan fingerprint density at radius 3 is 2.25 bits per heavy atom. The van der Waals surface area contributed by atoms with Gasteiger partial charge >= 0.3 is 0 Å². The number of hydroxylamine groups is 1. The van der Waals surface area contributed by atoms with E-state index in [0.29, 0.717) is 5.75 Å². The van der Waals surface area contributed by atoms with E-state index >= 15 is 0 Å². The van der Waals surface area contributed by atoms with Crippen LogP contribution in [-0.2, 0) is 14.4 Å². The number of ether oxygens (including phenoxy) is 1. The standard InChI is InChI=1S/C24H18Cl2N2O4/c1-31-16-10-5-7-14(13-16)20-19-22(32-28(20)15-8-3-2-4-9-15)24(30)27(23(19)29)21-17(25)11-6-12-18(21)26/h2-13,19-20,22H,1H3/t19-,20-,22-/m1/s1.